The van der Waals surface area contributed by atoms with Crippen LogP contribution in [-0.2, 0) is 0 Å². The lowest BCUT2D eigenvalue weighted by atomic mass is 10.1. The zero-order chi connectivity index (χ0) is 16.3. The summed E-state index contributed by atoms with van der Waals surface area (Å²) in [5.74, 6) is -1.02. The number of hydrogen-bond acceptors (Lipinski definition) is 3. The third-order valence-corrected chi connectivity index (χ3v) is 4.05. The van der Waals surface area contributed by atoms with Gasteiger partial charge in [-0.2, -0.15) is 0 Å². The quantitative estimate of drug-likeness (QED) is 0.584. The summed E-state index contributed by atoms with van der Waals surface area (Å²) in [6, 6.07) is 10.6. The molecule has 0 saturated carbocycles. The Morgan fingerprint density at radius 3 is 2.41 bits per heavy atom. The third-order valence-electron chi connectivity index (χ3n) is 3.00. The Labute approximate surface area is 144 Å². The van der Waals surface area contributed by atoms with Gasteiger partial charge in [-0.05, 0) is 46.6 Å². The van der Waals surface area contributed by atoms with Crippen molar-refractivity contribution < 1.29 is 9.90 Å². The van der Waals surface area contributed by atoms with E-state index in [1.807, 2.05) is 31.2 Å². The van der Waals surface area contributed by atoms with Crippen molar-refractivity contribution in [2.24, 2.45) is 0 Å². The van der Waals surface area contributed by atoms with E-state index >= 15 is 0 Å². The summed E-state index contributed by atoms with van der Waals surface area (Å²) in [5.41, 5.74) is 1.31. The predicted octanol–water partition coefficient (Wildman–Crippen LogP) is 4.48. The molecule has 0 bridgehead atoms. The number of rotatable bonds is 3. The maximum atomic E-state index is 12.2. The number of hydrogen-bond donors (Lipinski definition) is 1. The van der Waals surface area contributed by atoms with E-state index in [9.17, 15) is 14.7 Å². The molecule has 0 aliphatic carbocycles. The van der Waals surface area contributed by atoms with Crippen molar-refractivity contribution in [2.75, 3.05) is 0 Å². The van der Waals surface area contributed by atoms with Gasteiger partial charge in [0.25, 0.3) is 0 Å². The van der Waals surface area contributed by atoms with Gasteiger partial charge in [0.05, 0.1) is 10.0 Å². The molecule has 5 heteroatoms. The Bertz CT molecular complexity index is 809. The maximum absolute atomic E-state index is 12.2. The van der Waals surface area contributed by atoms with Gasteiger partial charge in [0.15, 0.2) is 11.5 Å². The van der Waals surface area contributed by atoms with Gasteiger partial charge in [-0.3, -0.25) is 9.59 Å². The molecule has 22 heavy (non-hydrogen) atoms. The molecule has 0 fully saturated rings. The highest BCUT2D eigenvalue weighted by Crippen LogP contribution is 2.21. The first-order valence-electron chi connectivity index (χ1n) is 6.40. The highest BCUT2D eigenvalue weighted by molar-refractivity contribution is 9.11. The molecule has 2 rings (SSSR count). The second-order valence-corrected chi connectivity index (χ2v) is 6.49. The Balaban J connectivity index is 2.40. The van der Waals surface area contributed by atoms with Gasteiger partial charge in [0.2, 0.25) is 5.43 Å². The second-order valence-electron chi connectivity index (χ2n) is 4.72. The first-order valence-corrected chi connectivity index (χ1v) is 7.98. The number of aryl methyl sites for hydroxylation is 1. The van der Waals surface area contributed by atoms with Gasteiger partial charge in [-0.15, -0.1) is 0 Å². The van der Waals surface area contributed by atoms with E-state index in [4.69, 9.17) is 0 Å². The fraction of sp³-hybridized carbons (Fsp3) is 0.0588. The molecule has 0 aliphatic rings. The first kappa shape index (κ1) is 16.6. The van der Waals surface area contributed by atoms with E-state index in [2.05, 4.69) is 31.9 Å². The Morgan fingerprint density at radius 2 is 1.77 bits per heavy atom. The second kappa shape index (κ2) is 7.03. The average molecular weight is 424 g/mol. The third kappa shape index (κ3) is 3.93. The van der Waals surface area contributed by atoms with Gasteiger partial charge in [0, 0.05) is 4.47 Å². The van der Waals surface area contributed by atoms with Crippen molar-refractivity contribution in [1.82, 2.24) is 0 Å². The first-order chi connectivity index (χ1) is 10.4. The van der Waals surface area contributed by atoms with Crippen molar-refractivity contribution in [3.63, 3.8) is 0 Å². The fourth-order valence-electron chi connectivity index (χ4n) is 1.80. The van der Waals surface area contributed by atoms with Crippen molar-refractivity contribution in [3.05, 3.63) is 78.3 Å². The van der Waals surface area contributed by atoms with Crippen LogP contribution in [0.25, 0.3) is 6.08 Å². The number of benzene rings is 1. The van der Waals surface area contributed by atoms with Crippen molar-refractivity contribution in [3.8, 4) is 5.75 Å². The lowest BCUT2D eigenvalue weighted by molar-refractivity contribution is 0.104. The molecule has 0 radical (unpaired) electrons. The van der Waals surface area contributed by atoms with Gasteiger partial charge in [-0.1, -0.05) is 51.8 Å². The molecule has 112 valence electrons. The van der Waals surface area contributed by atoms with Gasteiger partial charge in [-0.25, -0.2) is 0 Å². The molecule has 0 spiro atoms. The number of carbonyl (C=O) groups is 1. The SMILES string of the molecule is Cc1ccc(/C=C/C(=O)c2cc(Br)cc(Br)c(=O)c2O)cc1. The highest BCUT2D eigenvalue weighted by atomic mass is 79.9. The zero-order valence-corrected chi connectivity index (χ0v) is 14.8. The Morgan fingerprint density at radius 1 is 1.14 bits per heavy atom. The minimum absolute atomic E-state index is 0.0501. The van der Waals surface area contributed by atoms with Crippen molar-refractivity contribution in [1.29, 1.82) is 0 Å². The van der Waals surface area contributed by atoms with Crippen LogP contribution in [0.4, 0.5) is 0 Å². The lowest BCUT2D eigenvalue weighted by Crippen LogP contribution is -2.03. The standard InChI is InChI=1S/C17H12Br2O3/c1-10-2-4-11(5-3-10)6-7-15(20)13-8-12(18)9-14(19)17(22)16(13)21/h2-9H,1H3,(H,21,22)/b7-6+. The number of allylic oxidation sites excluding steroid dienone is 1. The van der Waals surface area contributed by atoms with E-state index in [1.54, 1.807) is 6.08 Å². The number of ketones is 1. The van der Waals surface area contributed by atoms with Crippen LogP contribution in [0.3, 0.4) is 0 Å². The summed E-state index contributed by atoms with van der Waals surface area (Å²) in [6.07, 6.45) is 2.97. The lowest BCUT2D eigenvalue weighted by Gasteiger charge is -1.97. The van der Waals surface area contributed by atoms with Gasteiger partial charge < -0.3 is 5.11 Å². The predicted molar refractivity (Wildman–Crippen MR) is 94.3 cm³/mol. The van der Waals surface area contributed by atoms with Crippen LogP contribution in [-0.4, -0.2) is 10.9 Å². The van der Waals surface area contributed by atoms with E-state index in [0.29, 0.717) is 4.47 Å². The number of halogens is 2. The summed E-state index contributed by atoms with van der Waals surface area (Å²) in [7, 11) is 0. The minimum atomic E-state index is -0.627. The van der Waals surface area contributed by atoms with E-state index < -0.39 is 17.0 Å². The Hall–Kier alpha value is -1.72. The molecule has 0 amide bonds. The van der Waals surface area contributed by atoms with Crippen LogP contribution in [0.1, 0.15) is 21.5 Å². The topological polar surface area (TPSA) is 54.4 Å². The molecular weight excluding hydrogens is 412 g/mol. The molecule has 0 unspecified atom stereocenters. The molecular formula is C17H12Br2O3. The summed E-state index contributed by atoms with van der Waals surface area (Å²) < 4.78 is 0.697. The summed E-state index contributed by atoms with van der Waals surface area (Å²) in [5, 5.41) is 9.95. The molecule has 0 aliphatic heterocycles. The fourth-order valence-corrected chi connectivity index (χ4v) is 3.00. The van der Waals surface area contributed by atoms with Gasteiger partial charge >= 0.3 is 0 Å². The van der Waals surface area contributed by atoms with Crippen LogP contribution in [0.15, 0.2) is 56.2 Å². The number of carbonyl (C=O) groups excluding carboxylic acids is 1. The molecule has 2 aromatic rings. The molecule has 0 atom stereocenters. The molecule has 3 nitrogen and oxygen atoms in total. The molecule has 0 aromatic heterocycles. The van der Waals surface area contributed by atoms with Crippen molar-refractivity contribution >= 4 is 43.7 Å². The van der Waals surface area contributed by atoms with Gasteiger partial charge in [0.1, 0.15) is 0 Å². The minimum Gasteiger partial charge on any atom is -0.504 e. The molecule has 0 saturated heterocycles. The van der Waals surface area contributed by atoms with Crippen LogP contribution in [0.2, 0.25) is 0 Å². The normalized spacial score (nSPS) is 10.9. The Kier molecular flexibility index (Phi) is 5.32. The van der Waals surface area contributed by atoms with Crippen LogP contribution < -0.4 is 5.43 Å². The summed E-state index contributed by atoms with van der Waals surface area (Å²) in [6.45, 7) is 1.98. The average Bonchev–Trinajstić information content (AvgIpc) is 2.58. The largest absolute Gasteiger partial charge is 0.504 e. The highest BCUT2D eigenvalue weighted by Gasteiger charge is 2.13. The van der Waals surface area contributed by atoms with Crippen LogP contribution >= 0.6 is 31.9 Å². The van der Waals surface area contributed by atoms with Crippen LogP contribution in [0.5, 0.6) is 5.75 Å². The van der Waals surface area contributed by atoms with Crippen molar-refractivity contribution in [2.45, 2.75) is 6.92 Å². The van der Waals surface area contributed by atoms with E-state index in [0.717, 1.165) is 11.1 Å². The molecule has 0 heterocycles. The maximum Gasteiger partial charge on any atom is 0.235 e. The molecule has 2 aromatic carbocycles. The molecule has 1 N–H and O–H groups in total. The summed E-state index contributed by atoms with van der Waals surface area (Å²) >= 11 is 6.29. The van der Waals surface area contributed by atoms with E-state index in [1.165, 1.54) is 18.2 Å². The van der Waals surface area contributed by atoms with E-state index in [-0.39, 0.29) is 10.0 Å². The smallest absolute Gasteiger partial charge is 0.235 e. The number of aromatic hydroxyl groups is 1. The summed E-state index contributed by atoms with van der Waals surface area (Å²) in [4.78, 5) is 24.1. The van der Waals surface area contributed by atoms with Crippen LogP contribution in [0, 0.1) is 6.92 Å². The zero-order valence-electron chi connectivity index (χ0n) is 11.6. The monoisotopic (exact) mass is 422 g/mol.